The molecule has 0 amide bonds. The highest BCUT2D eigenvalue weighted by atomic mass is 32.2. The Bertz CT molecular complexity index is 617. The van der Waals surface area contributed by atoms with Gasteiger partial charge in [-0.05, 0) is 37.3 Å². The molecule has 1 aromatic rings. The van der Waals surface area contributed by atoms with E-state index in [9.17, 15) is 18.3 Å². The number of carbonyl (C=O) groups is 1. The van der Waals surface area contributed by atoms with Gasteiger partial charge < -0.3 is 5.11 Å². The second-order valence-corrected chi connectivity index (χ2v) is 7.27. The third-order valence-corrected chi connectivity index (χ3v) is 6.07. The van der Waals surface area contributed by atoms with Crippen LogP contribution in [-0.4, -0.2) is 41.4 Å². The molecule has 3 heterocycles. The van der Waals surface area contributed by atoms with Crippen LogP contribution in [0.25, 0.3) is 0 Å². The van der Waals surface area contributed by atoms with Crippen LogP contribution in [0.2, 0.25) is 0 Å². The average Bonchev–Trinajstić information content (AvgIpc) is 2.48. The topological polar surface area (TPSA) is 87.6 Å². The van der Waals surface area contributed by atoms with Crippen LogP contribution in [0.15, 0.2) is 29.4 Å². The quantitative estimate of drug-likeness (QED) is 0.897. The molecule has 2 aliphatic heterocycles. The van der Waals surface area contributed by atoms with Crippen LogP contribution < -0.4 is 0 Å². The van der Waals surface area contributed by atoms with E-state index in [1.54, 1.807) is 12.1 Å². The van der Waals surface area contributed by atoms with Gasteiger partial charge in [-0.15, -0.1) is 0 Å². The van der Waals surface area contributed by atoms with Crippen molar-refractivity contribution in [1.82, 2.24) is 9.29 Å². The summed E-state index contributed by atoms with van der Waals surface area (Å²) in [5, 5.41) is 9.27. The first-order valence-electron chi connectivity index (χ1n) is 6.66. The number of fused-ring (bicyclic) bond motifs is 3. The number of carboxylic acids is 1. The van der Waals surface area contributed by atoms with E-state index in [2.05, 4.69) is 4.98 Å². The number of sulfonamides is 1. The van der Waals surface area contributed by atoms with Crippen molar-refractivity contribution in [3.8, 4) is 0 Å². The van der Waals surface area contributed by atoms with Crippen LogP contribution >= 0.6 is 0 Å². The van der Waals surface area contributed by atoms with Crippen molar-refractivity contribution >= 4 is 16.0 Å². The number of rotatable bonds is 3. The van der Waals surface area contributed by atoms with Gasteiger partial charge in [0.2, 0.25) is 0 Å². The summed E-state index contributed by atoms with van der Waals surface area (Å²) >= 11 is 0. The van der Waals surface area contributed by atoms with Crippen LogP contribution in [0.4, 0.5) is 0 Å². The Balaban J connectivity index is 1.96. The van der Waals surface area contributed by atoms with Gasteiger partial charge in [0.1, 0.15) is 0 Å². The first-order valence-corrected chi connectivity index (χ1v) is 8.10. The predicted octanol–water partition coefficient (Wildman–Crippen LogP) is 0.955. The van der Waals surface area contributed by atoms with E-state index in [-0.39, 0.29) is 10.9 Å². The minimum atomic E-state index is -3.70. The zero-order chi connectivity index (χ0) is 14.3. The van der Waals surface area contributed by atoms with Gasteiger partial charge in [-0.1, -0.05) is 6.07 Å². The maximum atomic E-state index is 12.6. The summed E-state index contributed by atoms with van der Waals surface area (Å²) in [7, 11) is -3.70. The molecule has 4 rings (SSSR count). The standard InChI is InChI=1S/C13H16N2O4S/c16-13(17)10-7-9-4-5-11(10)15(8-9)20(18,19)12-3-1-2-6-14-12/h1-3,6,9-11H,4-5,7-8H2,(H,16,17)/t9-,10+,11+/m0/s1. The van der Waals surface area contributed by atoms with Crippen molar-refractivity contribution < 1.29 is 18.3 Å². The molecule has 1 aliphatic carbocycles. The van der Waals surface area contributed by atoms with Gasteiger partial charge in [0.25, 0.3) is 10.0 Å². The molecule has 2 saturated heterocycles. The molecular weight excluding hydrogens is 280 g/mol. The number of nitrogens with zero attached hydrogens (tertiary/aromatic N) is 2. The first-order chi connectivity index (χ1) is 9.50. The second-order valence-electron chi connectivity index (χ2n) is 5.43. The van der Waals surface area contributed by atoms with E-state index < -0.39 is 28.0 Å². The fourth-order valence-corrected chi connectivity index (χ4v) is 5.00. The molecule has 2 bridgehead atoms. The van der Waals surface area contributed by atoms with E-state index >= 15 is 0 Å². The van der Waals surface area contributed by atoms with Crippen LogP contribution in [0.3, 0.4) is 0 Å². The summed E-state index contributed by atoms with van der Waals surface area (Å²) in [6, 6.07) is 4.29. The highest BCUT2D eigenvalue weighted by Crippen LogP contribution is 2.41. The van der Waals surface area contributed by atoms with E-state index in [0.29, 0.717) is 19.4 Å². The zero-order valence-electron chi connectivity index (χ0n) is 10.8. The van der Waals surface area contributed by atoms with Crippen molar-refractivity contribution in [1.29, 1.82) is 0 Å². The molecule has 0 radical (unpaired) electrons. The number of hydrogen-bond donors (Lipinski definition) is 1. The molecule has 0 unspecified atom stereocenters. The Labute approximate surface area is 117 Å². The highest BCUT2D eigenvalue weighted by molar-refractivity contribution is 7.89. The lowest BCUT2D eigenvalue weighted by atomic mass is 9.74. The van der Waals surface area contributed by atoms with Gasteiger partial charge in [-0.2, -0.15) is 4.31 Å². The second kappa shape index (κ2) is 4.82. The molecule has 1 saturated carbocycles. The molecule has 20 heavy (non-hydrogen) atoms. The molecule has 1 N–H and O–H groups in total. The molecule has 108 valence electrons. The summed E-state index contributed by atoms with van der Waals surface area (Å²) < 4.78 is 26.6. The third kappa shape index (κ3) is 2.10. The number of piperidine rings is 2. The highest BCUT2D eigenvalue weighted by Gasteiger charge is 2.48. The number of carboxylic acid groups (broad SMARTS) is 1. The number of aliphatic carboxylic acids is 1. The Hall–Kier alpha value is -1.47. The summed E-state index contributed by atoms with van der Waals surface area (Å²) in [5.74, 6) is -1.36. The van der Waals surface area contributed by atoms with Gasteiger partial charge in [0.15, 0.2) is 5.03 Å². The largest absolute Gasteiger partial charge is 0.481 e. The lowest BCUT2D eigenvalue weighted by Crippen LogP contribution is -2.57. The van der Waals surface area contributed by atoms with Gasteiger partial charge in [0, 0.05) is 18.8 Å². The number of hydrogen-bond acceptors (Lipinski definition) is 4. The summed E-state index contributed by atoms with van der Waals surface area (Å²) in [5.41, 5.74) is 0. The third-order valence-electron chi connectivity index (χ3n) is 4.26. The monoisotopic (exact) mass is 296 g/mol. The lowest BCUT2D eigenvalue weighted by Gasteiger charge is -2.47. The fourth-order valence-electron chi connectivity index (χ4n) is 3.30. The molecule has 7 heteroatoms. The normalized spacial score (nSPS) is 30.3. The maximum Gasteiger partial charge on any atom is 0.308 e. The first kappa shape index (κ1) is 13.5. The minimum absolute atomic E-state index is 0.00307. The number of pyridine rings is 1. The zero-order valence-corrected chi connectivity index (χ0v) is 11.7. The van der Waals surface area contributed by atoms with E-state index in [1.807, 2.05) is 0 Å². The Morgan fingerprint density at radius 1 is 1.35 bits per heavy atom. The Morgan fingerprint density at radius 2 is 2.15 bits per heavy atom. The minimum Gasteiger partial charge on any atom is -0.481 e. The SMILES string of the molecule is O=C(O)[C@@H]1C[C@@H]2CC[C@H]1N(S(=O)(=O)c1ccccn1)C2. The van der Waals surface area contributed by atoms with Crippen molar-refractivity contribution in [2.75, 3.05) is 6.54 Å². The smallest absolute Gasteiger partial charge is 0.308 e. The van der Waals surface area contributed by atoms with Crippen molar-refractivity contribution in [3.63, 3.8) is 0 Å². The maximum absolute atomic E-state index is 12.6. The molecule has 3 aliphatic rings. The van der Waals surface area contributed by atoms with Gasteiger partial charge in [0.05, 0.1) is 5.92 Å². The van der Waals surface area contributed by atoms with Crippen molar-refractivity contribution in [2.24, 2.45) is 11.8 Å². The Kier molecular flexibility index (Phi) is 3.25. The number of aromatic nitrogens is 1. The fraction of sp³-hybridized carbons (Fsp3) is 0.538. The molecule has 1 aromatic heterocycles. The summed E-state index contributed by atoms with van der Waals surface area (Å²) in [6.07, 6.45) is 3.54. The van der Waals surface area contributed by atoms with Crippen LogP contribution in [0.1, 0.15) is 19.3 Å². The predicted molar refractivity (Wildman–Crippen MR) is 70.4 cm³/mol. The molecule has 3 fully saturated rings. The molecule has 0 spiro atoms. The molecular formula is C13H16N2O4S. The summed E-state index contributed by atoms with van der Waals surface area (Å²) in [4.78, 5) is 15.2. The van der Waals surface area contributed by atoms with E-state index in [1.165, 1.54) is 16.6 Å². The average molecular weight is 296 g/mol. The van der Waals surface area contributed by atoms with Crippen molar-refractivity contribution in [3.05, 3.63) is 24.4 Å². The van der Waals surface area contributed by atoms with Crippen LogP contribution in [-0.2, 0) is 14.8 Å². The van der Waals surface area contributed by atoms with E-state index in [4.69, 9.17) is 0 Å². The van der Waals surface area contributed by atoms with Gasteiger partial charge >= 0.3 is 5.97 Å². The van der Waals surface area contributed by atoms with Gasteiger partial charge in [-0.3, -0.25) is 4.79 Å². The molecule has 3 atom stereocenters. The molecule has 6 nitrogen and oxygen atoms in total. The summed E-state index contributed by atoms with van der Waals surface area (Å²) in [6.45, 7) is 0.410. The lowest BCUT2D eigenvalue weighted by molar-refractivity contribution is -0.147. The molecule has 0 aromatic carbocycles. The van der Waals surface area contributed by atoms with E-state index in [0.717, 1.165) is 6.42 Å². The van der Waals surface area contributed by atoms with Gasteiger partial charge in [-0.25, -0.2) is 13.4 Å². The Morgan fingerprint density at radius 3 is 2.75 bits per heavy atom. The van der Waals surface area contributed by atoms with Crippen LogP contribution in [0, 0.1) is 11.8 Å². The van der Waals surface area contributed by atoms with Crippen molar-refractivity contribution in [2.45, 2.75) is 30.3 Å². The van der Waals surface area contributed by atoms with Crippen LogP contribution in [0.5, 0.6) is 0 Å².